The molecule has 11 heavy (non-hydrogen) atoms. The molecule has 0 saturated carbocycles. The Morgan fingerprint density at radius 1 is 1.45 bits per heavy atom. The van der Waals surface area contributed by atoms with Gasteiger partial charge >= 0.3 is 29.0 Å². The van der Waals surface area contributed by atoms with Gasteiger partial charge in [-0.3, -0.25) is 9.35 Å². The van der Waals surface area contributed by atoms with E-state index in [2.05, 4.69) is 0 Å². The zero-order valence-corrected chi connectivity index (χ0v) is 8.09. The Morgan fingerprint density at radius 2 is 1.91 bits per heavy atom. The number of carbonyl (C=O) groups is 1. The number of hydrogen-bond acceptors (Lipinski definition) is 3. The summed E-state index contributed by atoms with van der Waals surface area (Å²) < 4.78 is 28.1. The predicted molar refractivity (Wildman–Crippen MR) is 41.3 cm³/mol. The number of rotatable bonds is 4. The van der Waals surface area contributed by atoms with E-state index in [0.717, 1.165) is 0 Å². The van der Waals surface area contributed by atoms with Gasteiger partial charge in [0.2, 0.25) is 0 Å². The summed E-state index contributed by atoms with van der Waals surface area (Å²) in [7, 11) is -3.98. The van der Waals surface area contributed by atoms with Gasteiger partial charge in [0.25, 0.3) is 10.1 Å². The standard InChI is InChI=1S/C4H8O5S.Mg.2H/c5-4(6)2-1-3-10(7,8)9;;;/h1-3H2,(H,5,6)(H,7,8,9);;;/q;+2;2*-1. The van der Waals surface area contributed by atoms with Crippen LogP contribution in [-0.2, 0) is 14.9 Å². The Hall–Kier alpha value is 0.146. The van der Waals surface area contributed by atoms with Crippen molar-refractivity contribution < 1.29 is 25.7 Å². The van der Waals surface area contributed by atoms with Gasteiger partial charge in [0, 0.05) is 6.42 Å². The third-order valence-electron chi connectivity index (χ3n) is 0.793. The van der Waals surface area contributed by atoms with E-state index < -0.39 is 21.8 Å². The van der Waals surface area contributed by atoms with Crippen molar-refractivity contribution in [3.63, 3.8) is 0 Å². The summed E-state index contributed by atoms with van der Waals surface area (Å²) in [5.74, 6) is -1.55. The maximum atomic E-state index is 9.98. The van der Waals surface area contributed by atoms with Gasteiger partial charge in [0.15, 0.2) is 0 Å². The molecule has 7 heteroatoms. The van der Waals surface area contributed by atoms with Crippen molar-refractivity contribution in [2.24, 2.45) is 0 Å². The minimum Gasteiger partial charge on any atom is -1.00 e. The van der Waals surface area contributed by atoms with Gasteiger partial charge in [-0.1, -0.05) is 0 Å². The van der Waals surface area contributed by atoms with E-state index in [9.17, 15) is 13.2 Å². The molecule has 0 rings (SSSR count). The minimum absolute atomic E-state index is 0. The van der Waals surface area contributed by atoms with Crippen LogP contribution >= 0.6 is 0 Å². The second-order valence-electron chi connectivity index (χ2n) is 1.78. The van der Waals surface area contributed by atoms with Gasteiger partial charge in [-0.05, 0) is 6.42 Å². The molecule has 0 saturated heterocycles. The van der Waals surface area contributed by atoms with E-state index in [1.165, 1.54) is 0 Å². The van der Waals surface area contributed by atoms with Crippen LogP contribution in [0.15, 0.2) is 0 Å². The molecule has 0 spiro atoms. The molecule has 0 aliphatic carbocycles. The van der Waals surface area contributed by atoms with E-state index >= 15 is 0 Å². The second-order valence-corrected chi connectivity index (χ2v) is 3.36. The molecule has 5 nitrogen and oxygen atoms in total. The normalized spacial score (nSPS) is 10.3. The molecule has 0 fully saturated rings. The first kappa shape index (κ1) is 13.7. The molecule has 0 aromatic rings. The molecule has 0 unspecified atom stereocenters. The van der Waals surface area contributed by atoms with Crippen molar-refractivity contribution in [2.45, 2.75) is 12.8 Å². The third kappa shape index (κ3) is 13.2. The maximum Gasteiger partial charge on any atom is 2.00 e. The third-order valence-corrected chi connectivity index (χ3v) is 1.60. The average molecular weight is 194 g/mol. The zero-order valence-electron chi connectivity index (χ0n) is 7.86. The largest absolute Gasteiger partial charge is 2.00 e. The number of aliphatic carboxylic acids is 1. The molecule has 2 N–H and O–H groups in total. The number of carboxylic acids is 1. The molecule has 0 amide bonds. The van der Waals surface area contributed by atoms with Crippen LogP contribution in [0.5, 0.6) is 0 Å². The van der Waals surface area contributed by atoms with E-state index in [1.54, 1.807) is 0 Å². The fourth-order valence-electron chi connectivity index (χ4n) is 0.406. The summed E-state index contributed by atoms with van der Waals surface area (Å²) in [4.78, 5) is 9.81. The van der Waals surface area contributed by atoms with Crippen LogP contribution in [0.3, 0.4) is 0 Å². The molecule has 0 heterocycles. The quantitative estimate of drug-likeness (QED) is 0.469. The van der Waals surface area contributed by atoms with E-state index in [1.807, 2.05) is 0 Å². The molecule has 0 aromatic carbocycles. The molecule has 0 radical (unpaired) electrons. The monoisotopic (exact) mass is 194 g/mol. The van der Waals surface area contributed by atoms with Crippen molar-refractivity contribution in [2.75, 3.05) is 5.75 Å². The Morgan fingerprint density at radius 3 is 2.18 bits per heavy atom. The molecule has 0 bridgehead atoms. The Balaban J connectivity index is -0.000000135. The summed E-state index contributed by atoms with van der Waals surface area (Å²) in [6, 6.07) is 0. The molecule has 0 aromatic heterocycles. The molecular weight excluding hydrogens is 184 g/mol. The van der Waals surface area contributed by atoms with Gasteiger partial charge in [-0.25, -0.2) is 0 Å². The van der Waals surface area contributed by atoms with E-state index in [4.69, 9.17) is 9.66 Å². The van der Waals surface area contributed by atoms with Crippen LogP contribution in [0, 0.1) is 0 Å². The SMILES string of the molecule is O=C(O)CCCS(=O)(=O)O.[H-].[H-].[Mg+2]. The van der Waals surface area contributed by atoms with Crippen molar-refractivity contribution >= 4 is 39.1 Å². The van der Waals surface area contributed by atoms with Crippen LogP contribution in [0.1, 0.15) is 15.7 Å². The van der Waals surface area contributed by atoms with Gasteiger partial charge < -0.3 is 7.96 Å². The smallest absolute Gasteiger partial charge is 1.00 e. The van der Waals surface area contributed by atoms with E-state index in [0.29, 0.717) is 0 Å². The van der Waals surface area contributed by atoms with Gasteiger partial charge in [-0.2, -0.15) is 8.42 Å². The molecule has 0 aliphatic rings. The first-order valence-electron chi connectivity index (χ1n) is 2.59. The van der Waals surface area contributed by atoms with Crippen LogP contribution in [-0.4, -0.2) is 52.9 Å². The van der Waals surface area contributed by atoms with Crippen molar-refractivity contribution in [1.29, 1.82) is 0 Å². The maximum absolute atomic E-state index is 9.98. The Kier molecular flexibility index (Phi) is 7.17. The summed E-state index contributed by atoms with van der Waals surface area (Å²) >= 11 is 0. The average Bonchev–Trinajstić information content (AvgIpc) is 1.59. The summed E-state index contributed by atoms with van der Waals surface area (Å²) in [5.41, 5.74) is 0. The minimum atomic E-state index is -3.98. The number of hydrogen-bond donors (Lipinski definition) is 2. The zero-order chi connectivity index (χ0) is 8.20. The molecule has 0 atom stereocenters. The van der Waals surface area contributed by atoms with Gasteiger partial charge in [0.05, 0.1) is 5.75 Å². The van der Waals surface area contributed by atoms with Crippen molar-refractivity contribution in [3.05, 3.63) is 0 Å². The Labute approximate surface area is 83.7 Å². The molecular formula is C4H10MgO5S. The first-order valence-corrected chi connectivity index (χ1v) is 4.20. The van der Waals surface area contributed by atoms with E-state index in [-0.39, 0.29) is 38.7 Å². The summed E-state index contributed by atoms with van der Waals surface area (Å²) in [6.07, 6.45) is -0.284. The topological polar surface area (TPSA) is 91.7 Å². The van der Waals surface area contributed by atoms with Crippen LogP contribution in [0.2, 0.25) is 0 Å². The first-order chi connectivity index (χ1) is 4.42. The second kappa shape index (κ2) is 5.75. The Bertz CT molecular complexity index is 217. The fraction of sp³-hybridized carbons (Fsp3) is 0.750. The van der Waals surface area contributed by atoms with Crippen molar-refractivity contribution in [1.82, 2.24) is 0 Å². The fourth-order valence-corrected chi connectivity index (χ4v) is 0.915. The van der Waals surface area contributed by atoms with Crippen LogP contribution in [0.25, 0.3) is 0 Å². The molecule has 64 valence electrons. The van der Waals surface area contributed by atoms with Crippen LogP contribution in [0.4, 0.5) is 0 Å². The number of carboxylic acid groups (broad SMARTS) is 1. The van der Waals surface area contributed by atoms with Gasteiger partial charge in [0.1, 0.15) is 0 Å². The summed E-state index contributed by atoms with van der Waals surface area (Å²) in [5, 5.41) is 8.03. The van der Waals surface area contributed by atoms with Crippen LogP contribution < -0.4 is 0 Å². The van der Waals surface area contributed by atoms with Gasteiger partial charge in [-0.15, -0.1) is 0 Å². The summed E-state index contributed by atoms with van der Waals surface area (Å²) in [6.45, 7) is 0. The molecule has 0 aliphatic heterocycles. The van der Waals surface area contributed by atoms with Crippen molar-refractivity contribution in [3.8, 4) is 0 Å². The predicted octanol–water partition coefficient (Wildman–Crippen LogP) is -0.417.